The third-order valence-corrected chi connectivity index (χ3v) is 7.29. The van der Waals surface area contributed by atoms with Crippen molar-refractivity contribution in [3.63, 3.8) is 0 Å². The zero-order chi connectivity index (χ0) is 23.7. The molecular weight excluding hydrogens is 452 g/mol. The van der Waals surface area contributed by atoms with E-state index in [-0.39, 0.29) is 17.8 Å². The Kier molecular flexibility index (Phi) is 6.14. The maximum atomic E-state index is 12.8. The Hall–Kier alpha value is -3.53. The first-order chi connectivity index (χ1) is 16.5. The Morgan fingerprint density at radius 1 is 1.18 bits per heavy atom. The van der Waals surface area contributed by atoms with E-state index in [1.165, 1.54) is 10.4 Å². The van der Waals surface area contributed by atoms with Crippen molar-refractivity contribution in [1.29, 1.82) is 0 Å². The lowest BCUT2D eigenvalue weighted by Gasteiger charge is -2.32. The van der Waals surface area contributed by atoms with Crippen LogP contribution in [0.1, 0.15) is 30.2 Å². The Labute approximate surface area is 201 Å². The minimum Gasteiger partial charge on any atom is -0.494 e. The molecular formula is C24H26N6O3S. The van der Waals surface area contributed by atoms with Gasteiger partial charge in [0.2, 0.25) is 11.8 Å². The van der Waals surface area contributed by atoms with Crippen LogP contribution in [0, 0.1) is 19.8 Å². The third-order valence-electron chi connectivity index (χ3n) is 6.18. The summed E-state index contributed by atoms with van der Waals surface area (Å²) < 4.78 is 11.1. The van der Waals surface area contributed by atoms with Gasteiger partial charge in [0.05, 0.1) is 12.0 Å². The van der Waals surface area contributed by atoms with Crippen LogP contribution in [0.25, 0.3) is 21.7 Å². The molecule has 0 radical (unpaired) electrons. The molecule has 176 valence electrons. The van der Waals surface area contributed by atoms with Gasteiger partial charge >= 0.3 is 6.01 Å². The maximum absolute atomic E-state index is 12.8. The number of ether oxygens (including phenoxy) is 1. The fraction of sp³-hybridized carbons (Fsp3) is 0.375. The fourth-order valence-electron chi connectivity index (χ4n) is 4.22. The molecule has 0 saturated carbocycles. The standard InChI is InChI=1S/C24H26N6O3S/c1-4-32-18-7-5-17(6-8-18)22-28-29-24(33-22)27-21(31)16-9-11-30(12-10-16)20-19-14(2)15(3)34-23(19)26-13-25-20/h5-8,13,16H,4,9-12H2,1-3H3,(H,27,29,31). The van der Waals surface area contributed by atoms with Crippen LogP contribution in [0.5, 0.6) is 5.75 Å². The molecule has 9 nitrogen and oxygen atoms in total. The molecule has 4 heterocycles. The largest absolute Gasteiger partial charge is 0.494 e. The van der Waals surface area contributed by atoms with Gasteiger partial charge in [-0.05, 0) is 63.4 Å². The second-order valence-electron chi connectivity index (χ2n) is 8.28. The summed E-state index contributed by atoms with van der Waals surface area (Å²) in [6.07, 6.45) is 3.07. The van der Waals surface area contributed by atoms with Crippen LogP contribution in [-0.2, 0) is 4.79 Å². The molecule has 1 aromatic carbocycles. The number of piperidine rings is 1. The van der Waals surface area contributed by atoms with E-state index in [0.717, 1.165) is 53.3 Å². The molecule has 0 atom stereocenters. The number of carbonyl (C=O) groups is 1. The molecule has 1 N–H and O–H groups in total. The normalized spacial score (nSPS) is 14.5. The summed E-state index contributed by atoms with van der Waals surface area (Å²) in [5, 5.41) is 12.0. The number of hydrogen-bond acceptors (Lipinski definition) is 9. The van der Waals surface area contributed by atoms with Crippen LogP contribution in [0.15, 0.2) is 35.0 Å². The van der Waals surface area contributed by atoms with Gasteiger partial charge in [0.25, 0.3) is 0 Å². The quantitative estimate of drug-likeness (QED) is 0.428. The summed E-state index contributed by atoms with van der Waals surface area (Å²) in [5.41, 5.74) is 2.00. The predicted molar refractivity (Wildman–Crippen MR) is 131 cm³/mol. The van der Waals surface area contributed by atoms with Crippen molar-refractivity contribution in [2.75, 3.05) is 29.9 Å². The molecule has 1 fully saturated rings. The molecule has 1 aliphatic rings. The second-order valence-corrected chi connectivity index (χ2v) is 9.48. The summed E-state index contributed by atoms with van der Waals surface area (Å²) in [7, 11) is 0. The van der Waals surface area contributed by atoms with E-state index >= 15 is 0 Å². The lowest BCUT2D eigenvalue weighted by molar-refractivity contribution is -0.120. The highest BCUT2D eigenvalue weighted by molar-refractivity contribution is 7.18. The van der Waals surface area contributed by atoms with E-state index in [1.54, 1.807) is 17.7 Å². The zero-order valence-corrected chi connectivity index (χ0v) is 20.2. The highest BCUT2D eigenvalue weighted by Crippen LogP contribution is 2.35. The maximum Gasteiger partial charge on any atom is 0.322 e. The van der Waals surface area contributed by atoms with E-state index in [9.17, 15) is 4.79 Å². The van der Waals surface area contributed by atoms with Crippen molar-refractivity contribution in [1.82, 2.24) is 20.2 Å². The number of fused-ring (bicyclic) bond motifs is 1. The molecule has 5 rings (SSSR count). The Morgan fingerprint density at radius 2 is 1.94 bits per heavy atom. The number of thiophene rings is 1. The summed E-state index contributed by atoms with van der Waals surface area (Å²) >= 11 is 1.70. The van der Waals surface area contributed by atoms with Crippen LogP contribution in [-0.4, -0.2) is 45.8 Å². The Bertz CT molecular complexity index is 1310. The van der Waals surface area contributed by atoms with Crippen LogP contribution in [0.3, 0.4) is 0 Å². The second kappa shape index (κ2) is 9.38. The van der Waals surface area contributed by atoms with Crippen molar-refractivity contribution in [2.24, 2.45) is 5.92 Å². The molecule has 1 amide bonds. The van der Waals surface area contributed by atoms with Crippen molar-refractivity contribution in [3.8, 4) is 17.2 Å². The first kappa shape index (κ1) is 22.3. The highest BCUT2D eigenvalue weighted by atomic mass is 32.1. The molecule has 10 heteroatoms. The SMILES string of the molecule is CCOc1ccc(-c2nnc(NC(=O)C3CCN(c4ncnc5sc(C)c(C)c45)CC3)o2)cc1. The van der Waals surface area contributed by atoms with Crippen molar-refractivity contribution < 1.29 is 13.9 Å². The average Bonchev–Trinajstić information content (AvgIpc) is 3.44. The summed E-state index contributed by atoms with van der Waals surface area (Å²) in [6.45, 7) is 8.27. The van der Waals surface area contributed by atoms with Gasteiger partial charge in [-0.15, -0.1) is 16.4 Å². The zero-order valence-electron chi connectivity index (χ0n) is 19.4. The van der Waals surface area contributed by atoms with E-state index in [4.69, 9.17) is 9.15 Å². The van der Waals surface area contributed by atoms with Gasteiger partial charge < -0.3 is 14.1 Å². The minimum absolute atomic E-state index is 0.100. The highest BCUT2D eigenvalue weighted by Gasteiger charge is 2.28. The molecule has 1 aliphatic heterocycles. The molecule has 0 spiro atoms. The van der Waals surface area contributed by atoms with Gasteiger partial charge in [-0.3, -0.25) is 10.1 Å². The van der Waals surface area contributed by atoms with E-state index < -0.39 is 0 Å². The minimum atomic E-state index is -0.125. The van der Waals surface area contributed by atoms with Gasteiger partial charge in [0, 0.05) is 29.4 Å². The number of hydrogen-bond donors (Lipinski definition) is 1. The molecule has 0 aliphatic carbocycles. The van der Waals surface area contributed by atoms with E-state index in [1.807, 2.05) is 31.2 Å². The van der Waals surface area contributed by atoms with Crippen molar-refractivity contribution in [3.05, 3.63) is 41.0 Å². The van der Waals surface area contributed by atoms with Gasteiger partial charge in [0.1, 0.15) is 22.7 Å². The van der Waals surface area contributed by atoms with Crippen molar-refractivity contribution in [2.45, 2.75) is 33.6 Å². The van der Waals surface area contributed by atoms with Gasteiger partial charge in [0.15, 0.2) is 0 Å². The first-order valence-corrected chi connectivity index (χ1v) is 12.2. The summed E-state index contributed by atoms with van der Waals surface area (Å²) in [6, 6.07) is 7.50. The Balaban J connectivity index is 1.21. The first-order valence-electron chi connectivity index (χ1n) is 11.4. The van der Waals surface area contributed by atoms with Crippen LogP contribution < -0.4 is 15.0 Å². The van der Waals surface area contributed by atoms with Crippen molar-refractivity contribution >= 4 is 39.3 Å². The number of benzene rings is 1. The molecule has 1 saturated heterocycles. The van der Waals surface area contributed by atoms with Crippen LogP contribution >= 0.6 is 11.3 Å². The summed E-state index contributed by atoms with van der Waals surface area (Å²) in [5.74, 6) is 1.86. The molecule has 34 heavy (non-hydrogen) atoms. The average molecular weight is 479 g/mol. The number of amides is 1. The predicted octanol–water partition coefficient (Wildman–Crippen LogP) is 4.61. The number of rotatable bonds is 6. The van der Waals surface area contributed by atoms with E-state index in [2.05, 4.69) is 44.2 Å². The number of nitrogens with zero attached hydrogens (tertiary/aromatic N) is 5. The van der Waals surface area contributed by atoms with Gasteiger partial charge in [-0.25, -0.2) is 9.97 Å². The van der Waals surface area contributed by atoms with E-state index in [0.29, 0.717) is 12.5 Å². The number of aromatic nitrogens is 4. The fourth-order valence-corrected chi connectivity index (χ4v) is 5.21. The molecule has 3 aromatic heterocycles. The number of anilines is 2. The van der Waals surface area contributed by atoms with Crippen LogP contribution in [0.2, 0.25) is 0 Å². The number of aryl methyl sites for hydroxylation is 2. The smallest absolute Gasteiger partial charge is 0.322 e. The van der Waals surface area contributed by atoms with Crippen LogP contribution in [0.4, 0.5) is 11.8 Å². The Morgan fingerprint density at radius 3 is 2.68 bits per heavy atom. The lowest BCUT2D eigenvalue weighted by Crippen LogP contribution is -2.38. The number of carbonyl (C=O) groups excluding carboxylic acids is 1. The molecule has 0 bridgehead atoms. The topological polar surface area (TPSA) is 106 Å². The number of nitrogens with one attached hydrogen (secondary N) is 1. The summed E-state index contributed by atoms with van der Waals surface area (Å²) in [4.78, 5) is 26.4. The molecule has 4 aromatic rings. The third kappa shape index (κ3) is 4.33. The lowest BCUT2D eigenvalue weighted by atomic mass is 9.95. The molecule has 0 unspecified atom stereocenters. The monoisotopic (exact) mass is 478 g/mol. The van der Waals surface area contributed by atoms with Gasteiger partial charge in [-0.2, -0.15) is 0 Å². The van der Waals surface area contributed by atoms with Gasteiger partial charge in [-0.1, -0.05) is 5.10 Å².